The maximum absolute atomic E-state index is 12.6. The van der Waals surface area contributed by atoms with Gasteiger partial charge in [0.05, 0.1) is 25.1 Å². The van der Waals surface area contributed by atoms with Crippen LogP contribution in [-0.2, 0) is 13.8 Å². The van der Waals surface area contributed by atoms with Gasteiger partial charge in [0.2, 0.25) is 5.95 Å². The number of nitrogens with one attached hydrogen (secondary N) is 1. The fraction of sp³-hybridized carbons (Fsp3) is 0.737. The fourth-order valence-corrected chi connectivity index (χ4v) is 4.45. The number of nitrogens with two attached hydrogens (primary N) is 1. The first-order chi connectivity index (χ1) is 15.3. The number of hydrogen-bond acceptors (Lipinski definition) is 11. The van der Waals surface area contributed by atoms with E-state index in [2.05, 4.69) is 20.3 Å². The predicted octanol–water partition coefficient (Wildman–Crippen LogP) is 1.20. The Labute approximate surface area is 192 Å². The van der Waals surface area contributed by atoms with E-state index < -0.39 is 37.5 Å². The van der Waals surface area contributed by atoms with E-state index in [-0.39, 0.29) is 31.0 Å². The van der Waals surface area contributed by atoms with E-state index in [1.807, 2.05) is 0 Å². The van der Waals surface area contributed by atoms with Gasteiger partial charge in [-0.05, 0) is 26.7 Å². The summed E-state index contributed by atoms with van der Waals surface area (Å²) in [6.07, 6.45) is -0.464. The zero-order chi connectivity index (χ0) is 25.0. The molecule has 0 bridgehead atoms. The highest BCUT2D eigenvalue weighted by Crippen LogP contribution is 2.58. The molecule has 2 rings (SSSR count). The number of ether oxygens (including phenoxy) is 1. The number of aliphatic hydroxyl groups is 3. The van der Waals surface area contributed by atoms with Crippen molar-refractivity contribution in [3.05, 3.63) is 6.33 Å². The third kappa shape index (κ3) is 5.99. The lowest BCUT2D eigenvalue weighted by molar-refractivity contribution is -0.107. The Morgan fingerprint density at radius 1 is 1.30 bits per heavy atom. The minimum atomic E-state index is -4.36. The Hall–Kier alpha value is -1.86. The van der Waals surface area contributed by atoms with Gasteiger partial charge in [0.25, 0.3) is 0 Å². The summed E-state index contributed by atoms with van der Waals surface area (Å²) in [6, 6.07) is 0. The second-order valence-corrected chi connectivity index (χ2v) is 10.4. The Balaban J connectivity index is 2.25. The third-order valence-corrected chi connectivity index (χ3v) is 7.98. The first-order valence-electron chi connectivity index (χ1n) is 10.7. The maximum Gasteiger partial charge on any atom is 0.359 e. The molecule has 0 amide bonds. The van der Waals surface area contributed by atoms with Crippen molar-refractivity contribution in [1.82, 2.24) is 19.5 Å². The number of nitrogens with zero attached hydrogens (tertiary/aromatic N) is 4. The van der Waals surface area contributed by atoms with Crippen molar-refractivity contribution in [1.29, 1.82) is 0 Å². The Morgan fingerprint density at radius 2 is 1.97 bits per heavy atom. The van der Waals surface area contributed by atoms with Crippen molar-refractivity contribution in [2.24, 2.45) is 0 Å². The number of aromatic nitrogens is 4. The monoisotopic (exact) mass is 490 g/mol. The zero-order valence-corrected chi connectivity index (χ0v) is 20.5. The second-order valence-electron chi connectivity index (χ2n) is 8.25. The molecule has 5 atom stereocenters. The number of fused-ring (bicyclic) bond motifs is 1. The summed E-state index contributed by atoms with van der Waals surface area (Å²) >= 11 is 0. The molecule has 14 heteroatoms. The van der Waals surface area contributed by atoms with Crippen LogP contribution in [0.1, 0.15) is 53.2 Å². The molecule has 7 N–H and O–H groups in total. The Morgan fingerprint density at radius 3 is 2.52 bits per heavy atom. The summed E-state index contributed by atoms with van der Waals surface area (Å²) in [5, 5.41) is 31.2. The Kier molecular flexibility index (Phi) is 8.80. The van der Waals surface area contributed by atoms with E-state index in [0.29, 0.717) is 17.8 Å². The molecule has 0 saturated heterocycles. The number of rotatable bonds is 13. The molecule has 0 fully saturated rings. The van der Waals surface area contributed by atoms with Crippen molar-refractivity contribution < 1.29 is 34.0 Å². The van der Waals surface area contributed by atoms with E-state index in [0.717, 1.165) is 0 Å². The molecule has 33 heavy (non-hydrogen) atoms. The van der Waals surface area contributed by atoms with Gasteiger partial charge in [0.1, 0.15) is 6.10 Å². The molecular weight excluding hydrogens is 455 g/mol. The van der Waals surface area contributed by atoms with Crippen LogP contribution in [0.4, 0.5) is 11.8 Å². The van der Waals surface area contributed by atoms with Crippen LogP contribution in [0.25, 0.3) is 11.2 Å². The number of nitrogen functional groups attached to an aromatic ring is 1. The van der Waals surface area contributed by atoms with Gasteiger partial charge in [0.15, 0.2) is 28.6 Å². The highest BCUT2D eigenvalue weighted by atomic mass is 31.2. The average Bonchev–Trinajstić information content (AvgIpc) is 3.18. The van der Waals surface area contributed by atoms with Crippen LogP contribution in [0.5, 0.6) is 0 Å². The van der Waals surface area contributed by atoms with Crippen molar-refractivity contribution in [3.63, 3.8) is 0 Å². The molecule has 0 aliphatic carbocycles. The van der Waals surface area contributed by atoms with Crippen molar-refractivity contribution >= 4 is 30.5 Å². The van der Waals surface area contributed by atoms with Gasteiger partial charge in [-0.15, -0.1) is 0 Å². The molecule has 0 aliphatic heterocycles. The first kappa shape index (κ1) is 27.4. The third-order valence-electron chi connectivity index (χ3n) is 5.76. The van der Waals surface area contributed by atoms with Crippen LogP contribution < -0.4 is 11.1 Å². The van der Waals surface area contributed by atoms with E-state index in [4.69, 9.17) is 15.0 Å². The van der Waals surface area contributed by atoms with Gasteiger partial charge in [-0.1, -0.05) is 13.8 Å². The summed E-state index contributed by atoms with van der Waals surface area (Å²) in [4.78, 5) is 22.8. The molecule has 188 valence electrons. The molecule has 0 spiro atoms. The van der Waals surface area contributed by atoms with E-state index >= 15 is 0 Å². The lowest BCUT2D eigenvalue weighted by Crippen LogP contribution is -2.35. The molecular formula is C19H35N6O7P. The predicted molar refractivity (Wildman–Crippen MR) is 123 cm³/mol. The molecule has 3 unspecified atom stereocenters. The van der Waals surface area contributed by atoms with Crippen molar-refractivity contribution in [3.8, 4) is 0 Å². The fourth-order valence-electron chi connectivity index (χ4n) is 3.04. The van der Waals surface area contributed by atoms with Gasteiger partial charge >= 0.3 is 7.60 Å². The summed E-state index contributed by atoms with van der Waals surface area (Å²) in [7, 11) is -2.71. The van der Waals surface area contributed by atoms with Crippen LogP contribution in [0.3, 0.4) is 0 Å². The van der Waals surface area contributed by atoms with Crippen LogP contribution in [-0.4, -0.2) is 77.0 Å². The first-order valence-corrected chi connectivity index (χ1v) is 12.3. The zero-order valence-electron chi connectivity index (χ0n) is 19.6. The standard InChI is InChI=1S/C19H35N6O7P/c1-6-18(3,32-33(29,30)19(4,28)7-2)8-9-31-16(12(27)10-26)25-11-22-13-14(21-5)23-17(20)24-15(13)25/h11-12,16,26-28H,6-10H2,1-5H3,(H,29,30)(H3,20,21,23,24)/t12-,16?,18?,19-/m1/s1. The van der Waals surface area contributed by atoms with Crippen molar-refractivity contribution in [2.45, 2.75) is 70.2 Å². The summed E-state index contributed by atoms with van der Waals surface area (Å²) < 4.78 is 25.4. The topological polar surface area (TPSA) is 198 Å². The molecule has 2 aromatic rings. The molecule has 13 nitrogen and oxygen atoms in total. The van der Waals surface area contributed by atoms with Crippen LogP contribution in [0.15, 0.2) is 6.33 Å². The smallest absolute Gasteiger partial charge is 0.359 e. The lowest BCUT2D eigenvalue weighted by Gasteiger charge is -2.36. The second kappa shape index (κ2) is 10.6. The normalized spacial score (nSPS) is 19.4. The minimum Gasteiger partial charge on any atom is -0.394 e. The summed E-state index contributed by atoms with van der Waals surface area (Å²) in [6.45, 7) is 5.65. The molecule has 2 heterocycles. The summed E-state index contributed by atoms with van der Waals surface area (Å²) in [5.41, 5.74) is 5.37. The van der Waals surface area contributed by atoms with E-state index in [1.54, 1.807) is 27.8 Å². The van der Waals surface area contributed by atoms with E-state index in [1.165, 1.54) is 17.8 Å². The quantitative estimate of drug-likeness (QED) is 0.220. The lowest BCUT2D eigenvalue weighted by atomic mass is 10.0. The minimum absolute atomic E-state index is 0.0144. The van der Waals surface area contributed by atoms with Gasteiger partial charge in [0, 0.05) is 13.5 Å². The molecule has 0 saturated carbocycles. The number of aliphatic hydroxyl groups excluding tert-OH is 2. The largest absolute Gasteiger partial charge is 0.394 e. The highest BCUT2D eigenvalue weighted by Gasteiger charge is 2.46. The molecule has 2 aromatic heterocycles. The van der Waals surface area contributed by atoms with Gasteiger partial charge < -0.3 is 40.5 Å². The molecule has 0 aliphatic rings. The number of imidazole rings is 1. The van der Waals surface area contributed by atoms with Crippen molar-refractivity contribution in [2.75, 3.05) is 31.3 Å². The van der Waals surface area contributed by atoms with Crippen LogP contribution in [0.2, 0.25) is 0 Å². The van der Waals surface area contributed by atoms with Crippen LogP contribution >= 0.6 is 7.60 Å². The maximum atomic E-state index is 12.6. The van der Waals surface area contributed by atoms with Gasteiger partial charge in [-0.25, -0.2) is 4.98 Å². The molecule has 0 radical (unpaired) electrons. The molecule has 0 aromatic carbocycles. The number of hydrogen-bond donors (Lipinski definition) is 6. The summed E-state index contributed by atoms with van der Waals surface area (Å²) in [5.74, 6) is 0.376. The SMILES string of the molecule is CCC(C)(CCOC([C@H](O)CO)n1cnc2c(NC)nc(N)nc21)OP(=O)(O)[C@@](C)(O)CC. The average molecular weight is 490 g/mol. The van der Waals surface area contributed by atoms with E-state index in [9.17, 15) is 24.8 Å². The number of anilines is 2. The van der Waals surface area contributed by atoms with Gasteiger partial charge in [-0.3, -0.25) is 9.13 Å². The Bertz CT molecular complexity index is 987. The highest BCUT2D eigenvalue weighted by molar-refractivity contribution is 7.54. The van der Waals surface area contributed by atoms with Crippen LogP contribution in [0, 0.1) is 0 Å². The van der Waals surface area contributed by atoms with Gasteiger partial charge in [-0.2, -0.15) is 9.97 Å².